The number of nitrogens with zero attached hydrogens (tertiary/aromatic N) is 5. The predicted molar refractivity (Wildman–Crippen MR) is 123 cm³/mol. The summed E-state index contributed by atoms with van der Waals surface area (Å²) in [7, 11) is 1.61. The number of carbonyl (C=O) groups is 2. The van der Waals surface area contributed by atoms with Crippen molar-refractivity contribution in [1.29, 1.82) is 0 Å². The van der Waals surface area contributed by atoms with Crippen molar-refractivity contribution >= 4 is 23.4 Å². The fourth-order valence-electron chi connectivity index (χ4n) is 4.14. The van der Waals surface area contributed by atoms with E-state index >= 15 is 0 Å². The third-order valence-electron chi connectivity index (χ3n) is 5.82. The van der Waals surface area contributed by atoms with Crippen LogP contribution < -0.4 is 20.3 Å². The number of rotatable bonds is 7. The Morgan fingerprint density at radius 1 is 1.21 bits per heavy atom. The highest BCUT2D eigenvalue weighted by Crippen LogP contribution is 2.21. The van der Waals surface area contributed by atoms with Gasteiger partial charge in [-0.25, -0.2) is 4.98 Å². The molecule has 0 bridgehead atoms. The minimum absolute atomic E-state index is 0.0371. The smallest absolute Gasteiger partial charge is 0.254 e. The highest BCUT2D eigenvalue weighted by molar-refractivity contribution is 5.87. The number of aromatic nitrogens is 4. The first-order chi connectivity index (χ1) is 15.9. The Hall–Kier alpha value is -3.69. The molecule has 33 heavy (non-hydrogen) atoms. The lowest BCUT2D eigenvalue weighted by Gasteiger charge is -2.34. The summed E-state index contributed by atoms with van der Waals surface area (Å²) in [6.07, 6.45) is 3.50. The van der Waals surface area contributed by atoms with Crippen LogP contribution in [-0.2, 0) is 16.0 Å². The second kappa shape index (κ2) is 9.85. The summed E-state index contributed by atoms with van der Waals surface area (Å²) in [6, 6.07) is 8.91. The van der Waals surface area contributed by atoms with Crippen LogP contribution in [0.1, 0.15) is 31.0 Å². The number of benzene rings is 1. The van der Waals surface area contributed by atoms with Gasteiger partial charge in [0, 0.05) is 44.2 Å². The highest BCUT2D eigenvalue weighted by Gasteiger charge is 2.26. The second-order valence-electron chi connectivity index (χ2n) is 8.30. The molecule has 0 radical (unpaired) electrons. The zero-order valence-electron chi connectivity index (χ0n) is 19.1. The number of ether oxygens (including phenoxy) is 1. The molecule has 10 heteroatoms. The lowest BCUT2D eigenvalue weighted by Crippen LogP contribution is -2.52. The molecule has 1 aliphatic heterocycles. The summed E-state index contributed by atoms with van der Waals surface area (Å²) in [6.45, 7) is 4.91. The molecule has 1 fully saturated rings. The van der Waals surface area contributed by atoms with Crippen molar-refractivity contribution in [2.45, 2.75) is 45.2 Å². The van der Waals surface area contributed by atoms with E-state index in [2.05, 4.69) is 30.6 Å². The number of amides is 2. The first kappa shape index (κ1) is 22.5. The Balaban J connectivity index is 1.37. The van der Waals surface area contributed by atoms with Gasteiger partial charge in [0.15, 0.2) is 0 Å². The van der Waals surface area contributed by atoms with Crippen LogP contribution >= 0.6 is 0 Å². The number of methoxy groups -OCH3 is 1. The Labute approximate surface area is 192 Å². The molecule has 1 atom stereocenters. The fraction of sp³-hybridized carbons (Fsp3) is 0.435. The fourth-order valence-corrected chi connectivity index (χ4v) is 4.14. The van der Waals surface area contributed by atoms with E-state index in [4.69, 9.17) is 4.74 Å². The molecule has 1 saturated heterocycles. The van der Waals surface area contributed by atoms with E-state index in [1.54, 1.807) is 11.6 Å². The lowest BCUT2D eigenvalue weighted by molar-refractivity contribution is -0.128. The van der Waals surface area contributed by atoms with Crippen LogP contribution in [0.25, 0.3) is 5.78 Å². The number of hydrogen-bond acceptors (Lipinski definition) is 7. The number of carbonyl (C=O) groups excluding carboxylic acids is 2. The number of hydrogen-bond donors (Lipinski definition) is 2. The molecule has 174 valence electrons. The normalized spacial score (nSPS) is 15.3. The zero-order chi connectivity index (χ0) is 23.4. The molecule has 2 amide bonds. The molecule has 0 aliphatic carbocycles. The second-order valence-corrected chi connectivity index (χ2v) is 8.30. The average Bonchev–Trinajstić information content (AvgIpc) is 3.27. The Morgan fingerprint density at radius 2 is 1.94 bits per heavy atom. The summed E-state index contributed by atoms with van der Waals surface area (Å²) in [5.74, 6) is 1.88. The van der Waals surface area contributed by atoms with Crippen molar-refractivity contribution in [3.63, 3.8) is 0 Å². The third kappa shape index (κ3) is 5.39. The maximum absolute atomic E-state index is 13.0. The molecule has 1 aliphatic rings. The van der Waals surface area contributed by atoms with Crippen LogP contribution in [0.2, 0.25) is 0 Å². The van der Waals surface area contributed by atoms with Gasteiger partial charge in [-0.05, 0) is 37.5 Å². The quantitative estimate of drug-likeness (QED) is 0.556. The van der Waals surface area contributed by atoms with Crippen LogP contribution in [-0.4, -0.2) is 63.7 Å². The van der Waals surface area contributed by atoms with Gasteiger partial charge in [0.25, 0.3) is 5.78 Å². The van der Waals surface area contributed by atoms with E-state index in [-0.39, 0.29) is 17.9 Å². The van der Waals surface area contributed by atoms with E-state index in [1.807, 2.05) is 37.3 Å². The standard InChI is InChI=1S/C23H29N7O3/c1-15-12-21(30-23(26-15)24-14-25-30)29-10-8-18(9-11-29)28-22(32)20(27-16(2)31)13-17-4-6-19(33-3)7-5-17/h4-7,12,14,18,20H,8-11,13H2,1-3H3,(H,27,31)(H,28,32)/t20-/m1/s1. The van der Waals surface area contributed by atoms with Crippen molar-refractivity contribution in [2.24, 2.45) is 0 Å². The topological polar surface area (TPSA) is 114 Å². The average molecular weight is 452 g/mol. The van der Waals surface area contributed by atoms with Gasteiger partial charge in [0.2, 0.25) is 11.8 Å². The van der Waals surface area contributed by atoms with E-state index in [1.165, 1.54) is 13.3 Å². The van der Waals surface area contributed by atoms with Crippen LogP contribution in [0.4, 0.5) is 5.82 Å². The molecule has 0 unspecified atom stereocenters. The molecule has 3 aromatic rings. The maximum Gasteiger partial charge on any atom is 0.254 e. The summed E-state index contributed by atoms with van der Waals surface area (Å²) in [5, 5.41) is 10.2. The zero-order valence-corrected chi connectivity index (χ0v) is 19.1. The van der Waals surface area contributed by atoms with Gasteiger partial charge in [-0.3, -0.25) is 9.59 Å². The van der Waals surface area contributed by atoms with E-state index in [0.29, 0.717) is 12.2 Å². The van der Waals surface area contributed by atoms with Crippen molar-refractivity contribution in [3.8, 4) is 5.75 Å². The number of fused-ring (bicyclic) bond motifs is 1. The molecule has 2 aromatic heterocycles. The third-order valence-corrected chi connectivity index (χ3v) is 5.82. The molecule has 3 heterocycles. The Morgan fingerprint density at radius 3 is 2.61 bits per heavy atom. The van der Waals surface area contributed by atoms with Crippen LogP contribution in [0, 0.1) is 6.92 Å². The van der Waals surface area contributed by atoms with Crippen LogP contribution in [0.5, 0.6) is 5.75 Å². The summed E-state index contributed by atoms with van der Waals surface area (Å²) < 4.78 is 6.93. The molecule has 2 N–H and O–H groups in total. The van der Waals surface area contributed by atoms with Crippen molar-refractivity contribution in [3.05, 3.63) is 47.9 Å². The summed E-state index contributed by atoms with van der Waals surface area (Å²) in [5.41, 5.74) is 1.84. The van der Waals surface area contributed by atoms with E-state index < -0.39 is 6.04 Å². The first-order valence-corrected chi connectivity index (χ1v) is 11.1. The predicted octanol–water partition coefficient (Wildman–Crippen LogP) is 1.27. The number of anilines is 1. The molecular formula is C23H29N7O3. The maximum atomic E-state index is 13.0. The van der Waals surface area contributed by atoms with E-state index in [0.717, 1.165) is 48.8 Å². The minimum Gasteiger partial charge on any atom is -0.497 e. The van der Waals surface area contributed by atoms with Gasteiger partial charge in [-0.1, -0.05) is 12.1 Å². The molecule has 1 aromatic carbocycles. The molecular weight excluding hydrogens is 422 g/mol. The number of nitrogens with one attached hydrogen (secondary N) is 2. The van der Waals surface area contributed by atoms with E-state index in [9.17, 15) is 9.59 Å². The van der Waals surface area contributed by atoms with Crippen molar-refractivity contribution < 1.29 is 14.3 Å². The highest BCUT2D eigenvalue weighted by atomic mass is 16.5. The summed E-state index contributed by atoms with van der Waals surface area (Å²) >= 11 is 0. The Bertz CT molecular complexity index is 1120. The number of piperidine rings is 1. The number of aryl methyl sites for hydroxylation is 1. The van der Waals surface area contributed by atoms with Crippen LogP contribution in [0.15, 0.2) is 36.7 Å². The largest absolute Gasteiger partial charge is 0.497 e. The monoisotopic (exact) mass is 451 g/mol. The Kier molecular flexibility index (Phi) is 6.71. The first-order valence-electron chi connectivity index (χ1n) is 11.1. The van der Waals surface area contributed by atoms with Gasteiger partial charge in [-0.2, -0.15) is 14.6 Å². The van der Waals surface area contributed by atoms with Crippen LogP contribution in [0.3, 0.4) is 0 Å². The van der Waals surface area contributed by atoms with Gasteiger partial charge in [0.05, 0.1) is 7.11 Å². The lowest BCUT2D eigenvalue weighted by atomic mass is 10.0. The van der Waals surface area contributed by atoms with Gasteiger partial charge in [-0.15, -0.1) is 0 Å². The summed E-state index contributed by atoms with van der Waals surface area (Å²) in [4.78, 5) is 35.6. The van der Waals surface area contributed by atoms with Gasteiger partial charge < -0.3 is 20.3 Å². The van der Waals surface area contributed by atoms with Gasteiger partial charge >= 0.3 is 0 Å². The molecule has 0 spiro atoms. The molecule has 4 rings (SSSR count). The van der Waals surface area contributed by atoms with Gasteiger partial charge in [0.1, 0.15) is 23.9 Å². The van der Waals surface area contributed by atoms with Crippen molar-refractivity contribution in [2.75, 3.05) is 25.1 Å². The molecule has 0 saturated carbocycles. The SMILES string of the molecule is COc1ccc(C[C@@H](NC(C)=O)C(=O)NC2CCN(c3cc(C)nc4ncnn34)CC2)cc1. The molecule has 10 nitrogen and oxygen atoms in total. The van der Waals surface area contributed by atoms with Crippen molar-refractivity contribution in [1.82, 2.24) is 30.2 Å². The minimum atomic E-state index is -0.633.